The fourth-order valence-corrected chi connectivity index (χ4v) is 2.43. The molecule has 1 aromatic heterocycles. The maximum atomic E-state index is 10.1. The molecule has 0 bridgehead atoms. The summed E-state index contributed by atoms with van der Waals surface area (Å²) in [5.74, 6) is 1.16. The molecule has 1 aromatic rings. The molecule has 0 saturated carbocycles. The topological polar surface area (TPSA) is 42.4 Å². The lowest BCUT2D eigenvalue weighted by atomic mass is 9.75. The van der Waals surface area contributed by atoms with E-state index in [1.807, 2.05) is 12.1 Å². The minimum Gasteiger partial charge on any atom is -0.477 e. The summed E-state index contributed by atoms with van der Waals surface area (Å²) in [6.07, 6.45) is 1.31. The molecule has 0 amide bonds. The molecule has 18 heavy (non-hydrogen) atoms. The first-order valence-electron chi connectivity index (χ1n) is 6.68. The lowest BCUT2D eigenvalue weighted by Crippen LogP contribution is -2.26. The van der Waals surface area contributed by atoms with Gasteiger partial charge in [0.1, 0.15) is 0 Å². The number of fused-ring (bicyclic) bond motifs is 1. The average Bonchev–Trinajstić information content (AvgIpc) is 2.24. The zero-order chi connectivity index (χ0) is 13.3. The van der Waals surface area contributed by atoms with E-state index in [2.05, 4.69) is 32.7 Å². The van der Waals surface area contributed by atoms with E-state index in [1.54, 1.807) is 0 Å². The van der Waals surface area contributed by atoms with Crippen LogP contribution in [0.25, 0.3) is 0 Å². The zero-order valence-electron chi connectivity index (χ0n) is 11.7. The molecular weight excluding hydrogens is 226 g/mol. The van der Waals surface area contributed by atoms with Crippen LogP contribution in [0.3, 0.4) is 0 Å². The summed E-state index contributed by atoms with van der Waals surface area (Å²) in [6.45, 7) is 9.25. The van der Waals surface area contributed by atoms with E-state index < -0.39 is 6.10 Å². The van der Waals surface area contributed by atoms with Gasteiger partial charge in [-0.1, -0.05) is 27.7 Å². The highest BCUT2D eigenvalue weighted by molar-refractivity contribution is 5.31. The van der Waals surface area contributed by atoms with Gasteiger partial charge in [0.05, 0.1) is 18.4 Å². The molecule has 3 nitrogen and oxygen atoms in total. The molecule has 1 heterocycles. The molecule has 0 aromatic carbocycles. The normalized spacial score (nSPS) is 21.8. The standard InChI is InChI=1S/C15H23NO2/c1-10(2)9-18-14-6-5-11-12(16-14)7-15(3,4)8-13(11)17/h5-6,10,13,17H,7-9H2,1-4H3. The Kier molecular flexibility index (Phi) is 3.62. The summed E-state index contributed by atoms with van der Waals surface area (Å²) in [7, 11) is 0. The molecule has 2 rings (SSSR count). The Hall–Kier alpha value is -1.09. The van der Waals surface area contributed by atoms with Crippen LogP contribution >= 0.6 is 0 Å². The van der Waals surface area contributed by atoms with E-state index >= 15 is 0 Å². The molecule has 0 radical (unpaired) electrons. The van der Waals surface area contributed by atoms with Crippen molar-refractivity contribution in [1.82, 2.24) is 4.98 Å². The molecule has 0 fully saturated rings. The molecule has 1 aliphatic rings. The van der Waals surface area contributed by atoms with Crippen LogP contribution in [0.4, 0.5) is 0 Å². The second-order valence-corrected chi connectivity index (χ2v) is 6.45. The maximum Gasteiger partial charge on any atom is 0.213 e. The summed E-state index contributed by atoms with van der Waals surface area (Å²) in [5, 5.41) is 10.1. The second kappa shape index (κ2) is 4.88. The quantitative estimate of drug-likeness (QED) is 0.895. The fraction of sp³-hybridized carbons (Fsp3) is 0.667. The number of aliphatic hydroxyl groups is 1. The van der Waals surface area contributed by atoms with Crippen LogP contribution in [0.2, 0.25) is 0 Å². The van der Waals surface area contributed by atoms with Gasteiger partial charge in [-0.2, -0.15) is 0 Å². The molecule has 0 aliphatic heterocycles. The smallest absolute Gasteiger partial charge is 0.213 e. The summed E-state index contributed by atoms with van der Waals surface area (Å²) < 4.78 is 5.64. The molecular formula is C15H23NO2. The Bertz CT molecular complexity index is 427. The molecule has 100 valence electrons. The lowest BCUT2D eigenvalue weighted by Gasteiger charge is -2.33. The molecule has 1 aliphatic carbocycles. The van der Waals surface area contributed by atoms with Crippen molar-refractivity contribution in [2.45, 2.75) is 46.6 Å². The monoisotopic (exact) mass is 249 g/mol. The van der Waals surface area contributed by atoms with E-state index in [4.69, 9.17) is 4.74 Å². The number of aliphatic hydroxyl groups excluding tert-OH is 1. The number of aromatic nitrogens is 1. The summed E-state index contributed by atoms with van der Waals surface area (Å²) in [4.78, 5) is 4.55. The highest BCUT2D eigenvalue weighted by atomic mass is 16.5. The molecule has 0 saturated heterocycles. The van der Waals surface area contributed by atoms with Gasteiger partial charge in [0.15, 0.2) is 0 Å². The predicted octanol–water partition coefficient (Wildman–Crippen LogP) is 3.12. The third kappa shape index (κ3) is 3.02. The molecule has 0 spiro atoms. The van der Waals surface area contributed by atoms with Gasteiger partial charge in [-0.15, -0.1) is 0 Å². The van der Waals surface area contributed by atoms with Crippen molar-refractivity contribution in [3.8, 4) is 5.88 Å². The van der Waals surface area contributed by atoms with Crippen LogP contribution in [-0.2, 0) is 6.42 Å². The molecule has 1 atom stereocenters. The largest absolute Gasteiger partial charge is 0.477 e. The first kappa shape index (κ1) is 13.3. The third-order valence-electron chi connectivity index (χ3n) is 3.30. The second-order valence-electron chi connectivity index (χ2n) is 6.45. The Morgan fingerprint density at radius 3 is 2.83 bits per heavy atom. The van der Waals surface area contributed by atoms with Gasteiger partial charge in [-0.05, 0) is 30.2 Å². The SMILES string of the molecule is CC(C)COc1ccc2c(n1)CC(C)(C)CC2O. The van der Waals surface area contributed by atoms with E-state index in [9.17, 15) is 5.11 Å². The van der Waals surface area contributed by atoms with Crippen LogP contribution in [0.1, 0.15) is 51.5 Å². The van der Waals surface area contributed by atoms with Gasteiger partial charge < -0.3 is 9.84 Å². The Balaban J connectivity index is 2.20. The van der Waals surface area contributed by atoms with E-state index in [0.29, 0.717) is 18.4 Å². The van der Waals surface area contributed by atoms with Crippen molar-refractivity contribution >= 4 is 0 Å². The number of ether oxygens (including phenoxy) is 1. The van der Waals surface area contributed by atoms with Crippen LogP contribution < -0.4 is 4.74 Å². The van der Waals surface area contributed by atoms with Crippen LogP contribution in [0.5, 0.6) is 5.88 Å². The van der Waals surface area contributed by atoms with Gasteiger partial charge in [-0.25, -0.2) is 4.98 Å². The molecule has 3 heteroatoms. The van der Waals surface area contributed by atoms with Crippen molar-refractivity contribution in [3.63, 3.8) is 0 Å². The van der Waals surface area contributed by atoms with E-state index in [-0.39, 0.29) is 5.41 Å². The fourth-order valence-electron chi connectivity index (χ4n) is 2.43. The van der Waals surface area contributed by atoms with Crippen molar-refractivity contribution < 1.29 is 9.84 Å². The molecule has 1 N–H and O–H groups in total. The molecule has 1 unspecified atom stereocenters. The number of nitrogens with zero attached hydrogens (tertiary/aromatic N) is 1. The number of hydrogen-bond acceptors (Lipinski definition) is 3. The lowest BCUT2D eigenvalue weighted by molar-refractivity contribution is 0.0976. The Labute approximate surface area is 109 Å². The van der Waals surface area contributed by atoms with E-state index in [1.165, 1.54) is 0 Å². The van der Waals surface area contributed by atoms with Gasteiger partial charge >= 0.3 is 0 Å². The van der Waals surface area contributed by atoms with Gasteiger partial charge in [0.25, 0.3) is 0 Å². The van der Waals surface area contributed by atoms with Crippen LogP contribution in [-0.4, -0.2) is 16.7 Å². The predicted molar refractivity (Wildman–Crippen MR) is 71.6 cm³/mol. The summed E-state index contributed by atoms with van der Waals surface area (Å²) in [6, 6.07) is 3.82. The Morgan fingerprint density at radius 1 is 1.44 bits per heavy atom. The summed E-state index contributed by atoms with van der Waals surface area (Å²) in [5.41, 5.74) is 2.06. The third-order valence-corrected chi connectivity index (χ3v) is 3.30. The first-order chi connectivity index (χ1) is 8.37. The van der Waals surface area contributed by atoms with Gasteiger partial charge in [0, 0.05) is 11.6 Å². The maximum absolute atomic E-state index is 10.1. The highest BCUT2D eigenvalue weighted by Gasteiger charge is 2.32. The van der Waals surface area contributed by atoms with Crippen molar-refractivity contribution in [3.05, 3.63) is 23.4 Å². The van der Waals surface area contributed by atoms with Crippen molar-refractivity contribution in [2.24, 2.45) is 11.3 Å². The average molecular weight is 249 g/mol. The van der Waals surface area contributed by atoms with Crippen LogP contribution in [0.15, 0.2) is 12.1 Å². The first-order valence-corrected chi connectivity index (χ1v) is 6.68. The number of hydrogen-bond donors (Lipinski definition) is 1. The van der Waals surface area contributed by atoms with Gasteiger partial charge in [0.2, 0.25) is 5.88 Å². The number of pyridine rings is 1. The Morgan fingerprint density at radius 2 is 2.17 bits per heavy atom. The number of rotatable bonds is 3. The highest BCUT2D eigenvalue weighted by Crippen LogP contribution is 2.40. The summed E-state index contributed by atoms with van der Waals surface area (Å²) >= 11 is 0. The van der Waals surface area contributed by atoms with Crippen molar-refractivity contribution in [2.75, 3.05) is 6.61 Å². The zero-order valence-corrected chi connectivity index (χ0v) is 11.7. The van der Waals surface area contributed by atoms with Gasteiger partial charge in [-0.3, -0.25) is 0 Å². The van der Waals surface area contributed by atoms with E-state index in [0.717, 1.165) is 24.1 Å². The minimum absolute atomic E-state index is 0.107. The van der Waals surface area contributed by atoms with Crippen molar-refractivity contribution in [1.29, 1.82) is 0 Å². The minimum atomic E-state index is -0.393. The van der Waals surface area contributed by atoms with Crippen LogP contribution in [0, 0.1) is 11.3 Å².